The van der Waals surface area contributed by atoms with Gasteiger partial charge in [0.1, 0.15) is 5.82 Å². The van der Waals surface area contributed by atoms with Crippen LogP contribution in [0.3, 0.4) is 0 Å². The van der Waals surface area contributed by atoms with E-state index in [2.05, 4.69) is 4.72 Å². The number of sulfonamides is 1. The molecule has 3 N–H and O–H groups in total. The highest BCUT2D eigenvalue weighted by Gasteiger charge is 2.17. The van der Waals surface area contributed by atoms with E-state index >= 15 is 0 Å². The lowest BCUT2D eigenvalue weighted by molar-refractivity contribution is 0.600. The summed E-state index contributed by atoms with van der Waals surface area (Å²) >= 11 is 0. The van der Waals surface area contributed by atoms with Crippen molar-refractivity contribution in [3.63, 3.8) is 0 Å². The van der Waals surface area contributed by atoms with Crippen LogP contribution >= 0.6 is 0 Å². The minimum Gasteiger partial charge on any atom is -0.399 e. The third-order valence-corrected chi connectivity index (χ3v) is 4.24. The largest absolute Gasteiger partial charge is 0.399 e. The van der Waals surface area contributed by atoms with E-state index in [1.54, 1.807) is 13.0 Å². The van der Waals surface area contributed by atoms with Gasteiger partial charge in [0.2, 0.25) is 0 Å². The molecule has 0 aromatic heterocycles. The molecule has 0 amide bonds. The maximum absolute atomic E-state index is 13.4. The summed E-state index contributed by atoms with van der Waals surface area (Å²) in [5.74, 6) is -0.464. The van der Waals surface area contributed by atoms with Crippen LogP contribution in [0.15, 0.2) is 41.3 Å². The molecule has 0 aliphatic heterocycles. The lowest BCUT2D eigenvalue weighted by Gasteiger charge is -2.12. The summed E-state index contributed by atoms with van der Waals surface area (Å²) < 4.78 is 40.4. The predicted octanol–water partition coefficient (Wildman–Crippen LogP) is 2.83. The molecule has 0 spiro atoms. The Morgan fingerprint density at radius 2 is 1.85 bits per heavy atom. The van der Waals surface area contributed by atoms with Gasteiger partial charge >= 0.3 is 0 Å². The zero-order valence-corrected chi connectivity index (χ0v) is 12.0. The molecule has 0 aliphatic carbocycles. The summed E-state index contributed by atoms with van der Waals surface area (Å²) in [4.78, 5) is 0.0543. The standard InChI is InChI=1S/C14H15FN2O2S/c1-9-6-11(16)8-12(7-9)20(18,19)17-14-5-3-4-13(15)10(14)2/h3-8,17H,16H2,1-2H3. The predicted molar refractivity (Wildman–Crippen MR) is 77.5 cm³/mol. The molecular weight excluding hydrogens is 279 g/mol. The molecule has 0 bridgehead atoms. The van der Waals surface area contributed by atoms with Gasteiger partial charge in [0.25, 0.3) is 10.0 Å². The smallest absolute Gasteiger partial charge is 0.261 e. The van der Waals surface area contributed by atoms with Crippen LogP contribution in [-0.2, 0) is 10.0 Å². The molecule has 2 aromatic rings. The summed E-state index contributed by atoms with van der Waals surface area (Å²) in [5.41, 5.74) is 7.21. The van der Waals surface area contributed by atoms with E-state index in [0.717, 1.165) is 5.56 Å². The fraction of sp³-hybridized carbons (Fsp3) is 0.143. The van der Waals surface area contributed by atoms with Gasteiger partial charge in [-0.2, -0.15) is 0 Å². The summed E-state index contributed by atoms with van der Waals surface area (Å²) in [6.45, 7) is 3.26. The van der Waals surface area contributed by atoms with E-state index in [-0.39, 0.29) is 16.1 Å². The van der Waals surface area contributed by atoms with Crippen LogP contribution in [0, 0.1) is 19.7 Å². The van der Waals surface area contributed by atoms with Crippen molar-refractivity contribution in [2.24, 2.45) is 0 Å². The molecule has 6 heteroatoms. The molecule has 0 fully saturated rings. The topological polar surface area (TPSA) is 72.2 Å². The molecule has 0 radical (unpaired) electrons. The fourth-order valence-electron chi connectivity index (χ4n) is 1.85. The van der Waals surface area contributed by atoms with Gasteiger partial charge in [0, 0.05) is 11.3 Å². The third kappa shape index (κ3) is 2.91. The molecule has 0 heterocycles. The van der Waals surface area contributed by atoms with Crippen LogP contribution < -0.4 is 10.5 Å². The first-order valence-electron chi connectivity index (χ1n) is 5.95. The van der Waals surface area contributed by atoms with Crippen LogP contribution in [0.4, 0.5) is 15.8 Å². The third-order valence-electron chi connectivity index (χ3n) is 2.90. The van der Waals surface area contributed by atoms with E-state index in [1.807, 2.05) is 0 Å². The van der Waals surface area contributed by atoms with Crippen LogP contribution in [0.25, 0.3) is 0 Å². The fourth-order valence-corrected chi connectivity index (χ4v) is 3.11. The maximum Gasteiger partial charge on any atom is 0.261 e. The summed E-state index contributed by atoms with van der Waals surface area (Å²) in [6.07, 6.45) is 0. The molecule has 4 nitrogen and oxygen atoms in total. The zero-order chi connectivity index (χ0) is 14.9. The Morgan fingerprint density at radius 3 is 2.50 bits per heavy atom. The van der Waals surface area contributed by atoms with Crippen molar-refractivity contribution in [3.05, 3.63) is 53.3 Å². The van der Waals surface area contributed by atoms with E-state index in [1.165, 1.54) is 37.3 Å². The summed E-state index contributed by atoms with van der Waals surface area (Å²) in [7, 11) is -3.79. The minimum absolute atomic E-state index is 0.0543. The number of rotatable bonds is 3. The van der Waals surface area contributed by atoms with Crippen LogP contribution in [0.5, 0.6) is 0 Å². The molecular formula is C14H15FN2O2S. The van der Waals surface area contributed by atoms with Gasteiger partial charge in [-0.05, 0) is 49.7 Å². The Labute approximate surface area is 117 Å². The van der Waals surface area contributed by atoms with Crippen molar-refractivity contribution in [2.75, 3.05) is 10.5 Å². The Hall–Kier alpha value is -2.08. The van der Waals surface area contributed by atoms with Gasteiger partial charge in [-0.3, -0.25) is 4.72 Å². The van der Waals surface area contributed by atoms with Crippen molar-refractivity contribution in [1.82, 2.24) is 0 Å². The van der Waals surface area contributed by atoms with Gasteiger partial charge in [-0.25, -0.2) is 12.8 Å². The number of nitrogens with one attached hydrogen (secondary N) is 1. The Balaban J connectivity index is 2.43. The molecule has 0 atom stereocenters. The lowest BCUT2D eigenvalue weighted by Crippen LogP contribution is -2.14. The van der Waals surface area contributed by atoms with E-state index in [0.29, 0.717) is 5.69 Å². The van der Waals surface area contributed by atoms with Gasteiger partial charge in [0.15, 0.2) is 0 Å². The highest BCUT2D eigenvalue weighted by Crippen LogP contribution is 2.23. The van der Waals surface area contributed by atoms with Crippen molar-refractivity contribution in [2.45, 2.75) is 18.7 Å². The number of aryl methyl sites for hydroxylation is 1. The Morgan fingerprint density at radius 1 is 1.15 bits per heavy atom. The Bertz CT molecular complexity index is 738. The molecule has 2 aromatic carbocycles. The molecule has 0 unspecified atom stereocenters. The SMILES string of the molecule is Cc1cc(N)cc(S(=O)(=O)Nc2cccc(F)c2C)c1. The normalized spacial score (nSPS) is 11.3. The van der Waals surface area contributed by atoms with E-state index < -0.39 is 15.8 Å². The average Bonchev–Trinajstić information content (AvgIpc) is 2.33. The molecule has 20 heavy (non-hydrogen) atoms. The second kappa shape index (κ2) is 5.13. The molecule has 0 saturated heterocycles. The number of nitrogen functional groups attached to an aromatic ring is 1. The highest BCUT2D eigenvalue weighted by molar-refractivity contribution is 7.92. The second-order valence-electron chi connectivity index (χ2n) is 4.60. The van der Waals surface area contributed by atoms with E-state index in [4.69, 9.17) is 5.73 Å². The van der Waals surface area contributed by atoms with Crippen molar-refractivity contribution in [1.29, 1.82) is 0 Å². The van der Waals surface area contributed by atoms with Crippen LogP contribution in [0.1, 0.15) is 11.1 Å². The van der Waals surface area contributed by atoms with Crippen molar-refractivity contribution < 1.29 is 12.8 Å². The zero-order valence-electron chi connectivity index (χ0n) is 11.1. The highest BCUT2D eigenvalue weighted by atomic mass is 32.2. The summed E-state index contributed by atoms with van der Waals surface area (Å²) in [5, 5.41) is 0. The van der Waals surface area contributed by atoms with E-state index in [9.17, 15) is 12.8 Å². The minimum atomic E-state index is -3.79. The number of benzene rings is 2. The first kappa shape index (κ1) is 14.3. The molecule has 2 rings (SSSR count). The average molecular weight is 294 g/mol. The van der Waals surface area contributed by atoms with Crippen LogP contribution in [0.2, 0.25) is 0 Å². The number of anilines is 2. The number of hydrogen-bond acceptors (Lipinski definition) is 3. The van der Waals surface area contributed by atoms with Gasteiger partial charge in [0.05, 0.1) is 10.6 Å². The number of nitrogens with two attached hydrogens (primary N) is 1. The van der Waals surface area contributed by atoms with Crippen LogP contribution in [-0.4, -0.2) is 8.42 Å². The maximum atomic E-state index is 13.4. The lowest BCUT2D eigenvalue weighted by atomic mass is 10.2. The molecule has 0 aliphatic rings. The first-order chi connectivity index (χ1) is 9.29. The monoisotopic (exact) mass is 294 g/mol. The number of halogens is 1. The molecule has 106 valence electrons. The van der Waals surface area contributed by atoms with Crippen molar-refractivity contribution >= 4 is 21.4 Å². The molecule has 0 saturated carbocycles. The van der Waals surface area contributed by atoms with Gasteiger partial charge < -0.3 is 5.73 Å². The first-order valence-corrected chi connectivity index (χ1v) is 7.43. The van der Waals surface area contributed by atoms with Gasteiger partial charge in [-0.15, -0.1) is 0 Å². The van der Waals surface area contributed by atoms with Gasteiger partial charge in [-0.1, -0.05) is 6.07 Å². The number of hydrogen-bond donors (Lipinski definition) is 2. The Kier molecular flexibility index (Phi) is 3.67. The summed E-state index contributed by atoms with van der Waals surface area (Å²) in [6, 6.07) is 8.78. The quantitative estimate of drug-likeness (QED) is 0.855. The van der Waals surface area contributed by atoms with Crippen molar-refractivity contribution in [3.8, 4) is 0 Å². The second-order valence-corrected chi connectivity index (χ2v) is 6.28.